The summed E-state index contributed by atoms with van der Waals surface area (Å²) in [5.41, 5.74) is 2.80. The van der Waals surface area contributed by atoms with Crippen LogP contribution < -0.4 is 19.5 Å². The topological polar surface area (TPSA) is 69.3 Å². The molecular formula is C32H40N2O5. The summed E-state index contributed by atoms with van der Waals surface area (Å²) in [7, 11) is 3.32. The van der Waals surface area contributed by atoms with Crippen molar-refractivity contribution >= 4 is 11.8 Å². The zero-order chi connectivity index (χ0) is 27.8. The molecule has 208 valence electrons. The van der Waals surface area contributed by atoms with Gasteiger partial charge in [-0.05, 0) is 106 Å². The maximum absolute atomic E-state index is 12.7. The molecule has 0 saturated carbocycles. The van der Waals surface area contributed by atoms with Crippen molar-refractivity contribution in [2.24, 2.45) is 0 Å². The van der Waals surface area contributed by atoms with E-state index in [4.69, 9.17) is 18.9 Å². The number of nitrogens with one attached hydrogen (secondary N) is 1. The van der Waals surface area contributed by atoms with Crippen molar-refractivity contribution in [1.82, 2.24) is 4.90 Å². The lowest BCUT2D eigenvalue weighted by molar-refractivity contribution is 0.0235. The Morgan fingerprint density at radius 1 is 0.872 bits per heavy atom. The molecule has 0 aliphatic carbocycles. The van der Waals surface area contributed by atoms with Gasteiger partial charge in [0.25, 0.3) is 0 Å². The second kappa shape index (κ2) is 12.8. The van der Waals surface area contributed by atoms with E-state index in [0.29, 0.717) is 13.1 Å². The molecule has 3 aromatic rings. The van der Waals surface area contributed by atoms with Crippen molar-refractivity contribution in [1.29, 1.82) is 0 Å². The highest BCUT2D eigenvalue weighted by atomic mass is 16.6. The predicted molar refractivity (Wildman–Crippen MR) is 154 cm³/mol. The van der Waals surface area contributed by atoms with Gasteiger partial charge in [-0.25, -0.2) is 4.79 Å². The molecule has 7 heteroatoms. The first-order chi connectivity index (χ1) is 18.7. The Morgan fingerprint density at radius 2 is 1.46 bits per heavy atom. The van der Waals surface area contributed by atoms with E-state index >= 15 is 0 Å². The number of benzene rings is 3. The van der Waals surface area contributed by atoms with Crippen LogP contribution in [0.5, 0.6) is 23.0 Å². The number of hydrogen-bond donors (Lipinski definition) is 1. The summed E-state index contributed by atoms with van der Waals surface area (Å²) in [5.74, 6) is 3.10. The highest BCUT2D eigenvalue weighted by Gasteiger charge is 2.32. The van der Waals surface area contributed by atoms with Crippen LogP contribution in [0.4, 0.5) is 10.5 Å². The number of rotatable bonds is 10. The lowest BCUT2D eigenvalue weighted by Gasteiger charge is -2.29. The zero-order valence-electron chi connectivity index (χ0n) is 23.7. The van der Waals surface area contributed by atoms with Gasteiger partial charge in [0, 0.05) is 13.1 Å². The van der Waals surface area contributed by atoms with Crippen molar-refractivity contribution in [3.63, 3.8) is 0 Å². The minimum atomic E-state index is -0.515. The minimum absolute atomic E-state index is 0.0587. The van der Waals surface area contributed by atoms with Gasteiger partial charge in [0.1, 0.15) is 22.8 Å². The number of carbonyl (C=O) groups excluding carboxylic acids is 1. The van der Waals surface area contributed by atoms with Crippen LogP contribution in [0.25, 0.3) is 0 Å². The molecule has 0 radical (unpaired) electrons. The van der Waals surface area contributed by atoms with Gasteiger partial charge < -0.3 is 29.2 Å². The number of aryl methyl sites for hydroxylation is 2. The fraction of sp³-hybridized carbons (Fsp3) is 0.406. The molecule has 1 unspecified atom stereocenters. The fourth-order valence-electron chi connectivity index (χ4n) is 4.64. The highest BCUT2D eigenvalue weighted by molar-refractivity contribution is 5.69. The molecule has 1 aliphatic heterocycles. The lowest BCUT2D eigenvalue weighted by Crippen LogP contribution is -2.42. The third kappa shape index (κ3) is 8.06. The molecule has 1 N–H and O–H groups in total. The monoisotopic (exact) mass is 532 g/mol. The predicted octanol–water partition coefficient (Wildman–Crippen LogP) is 7.09. The van der Waals surface area contributed by atoms with E-state index < -0.39 is 5.60 Å². The molecule has 1 fully saturated rings. The van der Waals surface area contributed by atoms with Crippen LogP contribution in [0.3, 0.4) is 0 Å². The number of ether oxygens (including phenoxy) is 4. The molecule has 0 spiro atoms. The SMILES string of the molecule is COc1ccc(CCc2ccc(NCC3CCCN3C(=O)OC(C)(C)C)c(Oc3ccc(OC)cc3)c2)cc1. The van der Waals surface area contributed by atoms with Crippen LogP contribution in [-0.4, -0.2) is 49.9 Å². The van der Waals surface area contributed by atoms with Gasteiger partial charge in [0.05, 0.1) is 25.9 Å². The average Bonchev–Trinajstić information content (AvgIpc) is 3.40. The number of nitrogens with zero attached hydrogens (tertiary/aromatic N) is 1. The van der Waals surface area contributed by atoms with E-state index in [2.05, 4.69) is 35.6 Å². The van der Waals surface area contributed by atoms with Crippen LogP contribution in [0.1, 0.15) is 44.7 Å². The molecule has 4 rings (SSSR count). The van der Waals surface area contributed by atoms with Crippen LogP contribution in [0.2, 0.25) is 0 Å². The third-order valence-corrected chi connectivity index (χ3v) is 6.73. The molecule has 1 heterocycles. The van der Waals surface area contributed by atoms with E-state index in [1.54, 1.807) is 14.2 Å². The van der Waals surface area contributed by atoms with Crippen molar-refractivity contribution in [3.8, 4) is 23.0 Å². The van der Waals surface area contributed by atoms with E-state index in [1.165, 1.54) is 11.1 Å². The zero-order valence-corrected chi connectivity index (χ0v) is 23.7. The smallest absolute Gasteiger partial charge is 0.410 e. The van der Waals surface area contributed by atoms with E-state index in [-0.39, 0.29) is 12.1 Å². The minimum Gasteiger partial charge on any atom is -0.497 e. The number of anilines is 1. The summed E-state index contributed by atoms with van der Waals surface area (Å²) >= 11 is 0. The fourth-order valence-corrected chi connectivity index (χ4v) is 4.64. The summed E-state index contributed by atoms with van der Waals surface area (Å²) in [6.45, 7) is 7.01. The summed E-state index contributed by atoms with van der Waals surface area (Å²) in [6, 6.07) is 22.1. The molecule has 1 aliphatic rings. The van der Waals surface area contributed by atoms with Gasteiger partial charge >= 0.3 is 6.09 Å². The van der Waals surface area contributed by atoms with Crippen LogP contribution in [0, 0.1) is 0 Å². The van der Waals surface area contributed by atoms with Crippen molar-refractivity contribution in [3.05, 3.63) is 77.9 Å². The average molecular weight is 533 g/mol. The molecule has 1 saturated heterocycles. The van der Waals surface area contributed by atoms with E-state index in [0.717, 1.165) is 54.4 Å². The summed E-state index contributed by atoms with van der Waals surface area (Å²) in [5, 5.41) is 3.55. The Hall–Kier alpha value is -3.87. The number of carbonyl (C=O) groups is 1. The molecule has 1 amide bonds. The van der Waals surface area contributed by atoms with Crippen LogP contribution in [-0.2, 0) is 17.6 Å². The largest absolute Gasteiger partial charge is 0.497 e. The number of methoxy groups -OCH3 is 2. The first-order valence-corrected chi connectivity index (χ1v) is 13.6. The normalized spacial score (nSPS) is 15.1. The van der Waals surface area contributed by atoms with Gasteiger partial charge in [-0.15, -0.1) is 0 Å². The Bertz CT molecular complexity index is 1220. The highest BCUT2D eigenvalue weighted by Crippen LogP contribution is 2.33. The van der Waals surface area contributed by atoms with Crippen LogP contribution >= 0.6 is 0 Å². The Kier molecular flexibility index (Phi) is 9.23. The first kappa shape index (κ1) is 28.1. The number of amides is 1. The Labute approximate surface area is 232 Å². The lowest BCUT2D eigenvalue weighted by atomic mass is 10.0. The molecule has 3 aromatic carbocycles. The maximum Gasteiger partial charge on any atom is 0.410 e. The quantitative estimate of drug-likeness (QED) is 0.301. The molecule has 39 heavy (non-hydrogen) atoms. The second-order valence-electron chi connectivity index (χ2n) is 10.8. The van der Waals surface area contributed by atoms with Crippen molar-refractivity contribution < 1.29 is 23.7 Å². The molecule has 0 bridgehead atoms. The van der Waals surface area contributed by atoms with E-state index in [1.807, 2.05) is 62.1 Å². The molecule has 0 aromatic heterocycles. The van der Waals surface area contributed by atoms with Gasteiger partial charge in [-0.1, -0.05) is 18.2 Å². The summed E-state index contributed by atoms with van der Waals surface area (Å²) in [4.78, 5) is 14.6. The van der Waals surface area contributed by atoms with E-state index in [9.17, 15) is 4.79 Å². The van der Waals surface area contributed by atoms with Crippen molar-refractivity contribution in [2.75, 3.05) is 32.6 Å². The van der Waals surface area contributed by atoms with Gasteiger partial charge in [-0.2, -0.15) is 0 Å². The summed E-state index contributed by atoms with van der Waals surface area (Å²) < 4.78 is 22.5. The third-order valence-electron chi connectivity index (χ3n) is 6.73. The maximum atomic E-state index is 12.7. The Balaban J connectivity index is 1.48. The molecular weight excluding hydrogens is 492 g/mol. The van der Waals surface area contributed by atoms with Crippen LogP contribution in [0.15, 0.2) is 66.7 Å². The molecule has 1 atom stereocenters. The second-order valence-corrected chi connectivity index (χ2v) is 10.8. The Morgan fingerprint density at radius 3 is 2.10 bits per heavy atom. The van der Waals surface area contributed by atoms with Gasteiger partial charge in [0.2, 0.25) is 0 Å². The first-order valence-electron chi connectivity index (χ1n) is 13.6. The van der Waals surface area contributed by atoms with Gasteiger partial charge in [-0.3, -0.25) is 0 Å². The summed E-state index contributed by atoms with van der Waals surface area (Å²) in [6.07, 6.45) is 3.42. The van der Waals surface area contributed by atoms with Gasteiger partial charge in [0.15, 0.2) is 5.75 Å². The number of hydrogen-bond acceptors (Lipinski definition) is 6. The molecule has 7 nitrogen and oxygen atoms in total. The number of likely N-dealkylation sites (tertiary alicyclic amines) is 1. The standard InChI is InChI=1S/C32H40N2O5/c1-32(2,3)39-31(35)34-20-6-7-25(34)22-33-29-19-12-24(9-8-23-10-13-26(36-4)14-11-23)21-30(29)38-28-17-15-27(37-5)16-18-28/h10-19,21,25,33H,6-9,20,22H2,1-5H3. The van der Waals surface area contributed by atoms with Crippen molar-refractivity contribution in [2.45, 2.75) is 58.1 Å².